The number of hydrogen-bond donors (Lipinski definition) is 2. The number of carboxylic acid groups (broad SMARTS) is 1. The van der Waals surface area contributed by atoms with Crippen LogP contribution in [0.5, 0.6) is 0 Å². The van der Waals surface area contributed by atoms with Gasteiger partial charge in [-0.15, -0.1) is 0 Å². The molecule has 2 rings (SSSR count). The Labute approximate surface area is 122 Å². The van der Waals surface area contributed by atoms with E-state index in [1.807, 2.05) is 23.5 Å². The zero-order valence-corrected chi connectivity index (χ0v) is 12.7. The molecule has 1 aliphatic carbocycles. The average molecular weight is 303 g/mol. The van der Waals surface area contributed by atoms with Gasteiger partial charge >= 0.3 is 5.97 Å². The van der Waals surface area contributed by atoms with Gasteiger partial charge in [-0.2, -0.15) is 23.5 Å². The summed E-state index contributed by atoms with van der Waals surface area (Å²) in [6.45, 7) is 0. The van der Waals surface area contributed by atoms with Gasteiger partial charge in [0, 0.05) is 28.9 Å². The first-order chi connectivity index (χ1) is 9.12. The molecule has 1 atom stereocenters. The summed E-state index contributed by atoms with van der Waals surface area (Å²) in [6.07, 6.45) is 4.44. The van der Waals surface area contributed by atoms with E-state index in [9.17, 15) is 14.7 Å². The van der Waals surface area contributed by atoms with E-state index < -0.39 is 11.5 Å². The highest BCUT2D eigenvalue weighted by Gasteiger charge is 2.41. The van der Waals surface area contributed by atoms with Crippen molar-refractivity contribution < 1.29 is 14.7 Å². The topological polar surface area (TPSA) is 66.4 Å². The van der Waals surface area contributed by atoms with E-state index in [4.69, 9.17) is 0 Å². The summed E-state index contributed by atoms with van der Waals surface area (Å²) >= 11 is 3.71. The molecule has 0 spiro atoms. The van der Waals surface area contributed by atoms with E-state index >= 15 is 0 Å². The van der Waals surface area contributed by atoms with Crippen LogP contribution in [0.3, 0.4) is 0 Å². The minimum atomic E-state index is -0.998. The highest BCUT2D eigenvalue weighted by atomic mass is 32.2. The molecule has 1 saturated heterocycles. The van der Waals surface area contributed by atoms with Gasteiger partial charge in [-0.1, -0.05) is 19.3 Å². The number of nitrogens with one attached hydrogen (secondary N) is 1. The first-order valence-electron chi connectivity index (χ1n) is 6.86. The summed E-state index contributed by atoms with van der Waals surface area (Å²) in [6, 6.07) is 0. The number of carbonyl (C=O) groups is 2. The van der Waals surface area contributed by atoms with Crippen LogP contribution in [0.25, 0.3) is 0 Å². The third kappa shape index (κ3) is 4.05. The van der Waals surface area contributed by atoms with Crippen molar-refractivity contribution in [1.82, 2.24) is 5.32 Å². The molecule has 1 saturated carbocycles. The predicted molar refractivity (Wildman–Crippen MR) is 79.8 cm³/mol. The molecule has 1 unspecified atom stereocenters. The molecule has 1 aliphatic heterocycles. The number of rotatable bonds is 4. The lowest BCUT2D eigenvalue weighted by Gasteiger charge is -2.34. The minimum absolute atomic E-state index is 0.0932. The lowest BCUT2D eigenvalue weighted by Crippen LogP contribution is -2.56. The van der Waals surface area contributed by atoms with E-state index in [2.05, 4.69) is 5.32 Å². The van der Waals surface area contributed by atoms with E-state index in [0.717, 1.165) is 36.5 Å². The molecule has 0 aromatic carbocycles. The fourth-order valence-electron chi connectivity index (χ4n) is 2.73. The molecule has 1 heterocycles. The maximum Gasteiger partial charge on any atom is 0.329 e. The first-order valence-corrected chi connectivity index (χ1v) is 9.06. The van der Waals surface area contributed by atoms with Gasteiger partial charge in [-0.25, -0.2) is 4.79 Å². The molecule has 0 aromatic heterocycles. The van der Waals surface area contributed by atoms with Gasteiger partial charge in [0.2, 0.25) is 5.91 Å². The number of amides is 1. The summed E-state index contributed by atoms with van der Waals surface area (Å²) in [4.78, 5) is 23.6. The van der Waals surface area contributed by atoms with Crippen molar-refractivity contribution in [2.75, 3.05) is 17.3 Å². The Morgan fingerprint density at radius 3 is 2.53 bits per heavy atom. The van der Waals surface area contributed by atoms with Gasteiger partial charge in [0.15, 0.2) is 0 Å². The SMILES string of the molecule is O=C(CC1CSCCS1)NC1(C(=O)O)CCCCC1. The fraction of sp³-hybridized carbons (Fsp3) is 0.846. The molecular formula is C13H21NO3S2. The van der Waals surface area contributed by atoms with Crippen LogP contribution in [0, 0.1) is 0 Å². The smallest absolute Gasteiger partial charge is 0.329 e. The number of thioether (sulfide) groups is 2. The highest BCUT2D eigenvalue weighted by Crippen LogP contribution is 2.30. The van der Waals surface area contributed by atoms with Crippen LogP contribution in [0.1, 0.15) is 38.5 Å². The van der Waals surface area contributed by atoms with Gasteiger partial charge < -0.3 is 10.4 Å². The van der Waals surface area contributed by atoms with Crippen LogP contribution in [-0.4, -0.2) is 45.0 Å². The lowest BCUT2D eigenvalue weighted by atomic mass is 9.81. The molecule has 6 heteroatoms. The van der Waals surface area contributed by atoms with Crippen LogP contribution in [0.2, 0.25) is 0 Å². The third-order valence-corrected chi connectivity index (χ3v) is 6.64. The largest absolute Gasteiger partial charge is 0.480 e. The van der Waals surface area contributed by atoms with Gasteiger partial charge in [0.25, 0.3) is 0 Å². The van der Waals surface area contributed by atoms with Crippen LogP contribution < -0.4 is 5.32 Å². The van der Waals surface area contributed by atoms with E-state index in [0.29, 0.717) is 24.5 Å². The average Bonchev–Trinajstić information content (AvgIpc) is 2.40. The predicted octanol–water partition coefficient (Wildman–Crippen LogP) is 2.13. The maximum absolute atomic E-state index is 12.1. The summed E-state index contributed by atoms with van der Waals surface area (Å²) in [5, 5.41) is 12.6. The second kappa shape index (κ2) is 6.88. The van der Waals surface area contributed by atoms with Crippen LogP contribution >= 0.6 is 23.5 Å². The summed E-state index contributed by atoms with van der Waals surface area (Å²) in [7, 11) is 0. The Hall–Kier alpha value is -0.360. The molecular weight excluding hydrogens is 282 g/mol. The molecule has 4 nitrogen and oxygen atoms in total. The van der Waals surface area contributed by atoms with E-state index in [1.165, 1.54) is 0 Å². The lowest BCUT2D eigenvalue weighted by molar-refractivity contribution is -0.149. The van der Waals surface area contributed by atoms with Crippen molar-refractivity contribution >= 4 is 35.4 Å². The maximum atomic E-state index is 12.1. The summed E-state index contributed by atoms with van der Waals surface area (Å²) < 4.78 is 0. The van der Waals surface area contributed by atoms with Gasteiger partial charge in [0.1, 0.15) is 5.54 Å². The van der Waals surface area contributed by atoms with Crippen molar-refractivity contribution in [3.05, 3.63) is 0 Å². The third-order valence-electron chi connectivity index (χ3n) is 3.79. The molecule has 0 bridgehead atoms. The van der Waals surface area contributed by atoms with Crippen molar-refractivity contribution in [2.24, 2.45) is 0 Å². The molecule has 2 fully saturated rings. The number of carboxylic acids is 1. The zero-order valence-electron chi connectivity index (χ0n) is 11.0. The van der Waals surface area contributed by atoms with Gasteiger partial charge in [-0.3, -0.25) is 4.79 Å². The molecule has 1 amide bonds. The van der Waals surface area contributed by atoms with Crippen molar-refractivity contribution in [2.45, 2.75) is 49.3 Å². The van der Waals surface area contributed by atoms with Crippen LogP contribution in [-0.2, 0) is 9.59 Å². The van der Waals surface area contributed by atoms with Crippen LogP contribution in [0.4, 0.5) is 0 Å². The minimum Gasteiger partial charge on any atom is -0.480 e. The van der Waals surface area contributed by atoms with Crippen LogP contribution in [0.15, 0.2) is 0 Å². The number of carbonyl (C=O) groups excluding carboxylic acids is 1. The standard InChI is InChI=1S/C13H21NO3S2/c15-11(8-10-9-18-6-7-19-10)14-13(12(16)17)4-2-1-3-5-13/h10H,1-9H2,(H,14,15)(H,16,17). The van der Waals surface area contributed by atoms with Crippen molar-refractivity contribution in [3.63, 3.8) is 0 Å². The monoisotopic (exact) mass is 303 g/mol. The quantitative estimate of drug-likeness (QED) is 0.833. The Morgan fingerprint density at radius 1 is 1.21 bits per heavy atom. The summed E-state index contributed by atoms with van der Waals surface area (Å²) in [5.74, 6) is 2.28. The Morgan fingerprint density at radius 2 is 1.95 bits per heavy atom. The second-order valence-electron chi connectivity index (χ2n) is 5.27. The fourth-order valence-corrected chi connectivity index (χ4v) is 5.41. The normalized spacial score (nSPS) is 26.6. The Bertz CT molecular complexity index is 337. The molecule has 2 aliphatic rings. The molecule has 2 N–H and O–H groups in total. The zero-order chi connectivity index (χ0) is 13.7. The van der Waals surface area contributed by atoms with Gasteiger partial charge in [0.05, 0.1) is 0 Å². The first kappa shape index (κ1) is 15.0. The van der Waals surface area contributed by atoms with Gasteiger partial charge in [-0.05, 0) is 12.8 Å². The highest BCUT2D eigenvalue weighted by molar-refractivity contribution is 8.06. The number of aliphatic carboxylic acids is 1. The van der Waals surface area contributed by atoms with Crippen molar-refractivity contribution in [1.29, 1.82) is 0 Å². The molecule has 0 radical (unpaired) electrons. The molecule has 19 heavy (non-hydrogen) atoms. The van der Waals surface area contributed by atoms with E-state index in [-0.39, 0.29) is 5.91 Å². The van der Waals surface area contributed by atoms with Crippen molar-refractivity contribution in [3.8, 4) is 0 Å². The number of hydrogen-bond acceptors (Lipinski definition) is 4. The molecule has 0 aromatic rings. The Balaban J connectivity index is 1.89. The second-order valence-corrected chi connectivity index (χ2v) is 7.83. The Kier molecular flexibility index (Phi) is 5.45. The summed E-state index contributed by atoms with van der Waals surface area (Å²) in [5.41, 5.74) is -0.998. The molecule has 108 valence electrons. The van der Waals surface area contributed by atoms with E-state index in [1.54, 1.807) is 0 Å².